The largest absolute Gasteiger partial charge is 0.495 e. The summed E-state index contributed by atoms with van der Waals surface area (Å²) in [6.45, 7) is 1.92. The first-order chi connectivity index (χ1) is 8.67. The van der Waals surface area contributed by atoms with Crippen LogP contribution in [0.2, 0.25) is 5.02 Å². The average Bonchev–Trinajstić information content (AvgIpc) is 2.39. The quantitative estimate of drug-likeness (QED) is 0.927. The van der Waals surface area contributed by atoms with Gasteiger partial charge in [-0.15, -0.1) is 0 Å². The molecule has 5 heteroatoms. The van der Waals surface area contributed by atoms with Crippen molar-refractivity contribution in [1.82, 2.24) is 9.97 Å². The third-order valence-electron chi connectivity index (χ3n) is 2.73. The molecule has 1 aromatic heterocycles. The number of halogens is 1. The van der Waals surface area contributed by atoms with E-state index >= 15 is 0 Å². The van der Waals surface area contributed by atoms with E-state index in [4.69, 9.17) is 16.3 Å². The van der Waals surface area contributed by atoms with Crippen LogP contribution in [0.3, 0.4) is 0 Å². The lowest BCUT2D eigenvalue weighted by atomic mass is 10.1. The molecule has 0 bridgehead atoms. The van der Waals surface area contributed by atoms with Crippen LogP contribution < -0.4 is 10.3 Å². The molecule has 0 unspecified atom stereocenters. The zero-order chi connectivity index (χ0) is 13.1. The Labute approximate surface area is 110 Å². The molecule has 94 valence electrons. The Bertz CT molecular complexity index is 623. The molecule has 0 aliphatic heterocycles. The lowest BCUT2D eigenvalue weighted by molar-refractivity contribution is 0.415. The SMILES string of the molecule is CCc1c(-c2ccc(Cl)c(OC)c2)nc[nH]c1=O. The topological polar surface area (TPSA) is 55.0 Å². The highest BCUT2D eigenvalue weighted by Crippen LogP contribution is 2.30. The van der Waals surface area contributed by atoms with Crippen LogP contribution in [0.25, 0.3) is 11.3 Å². The number of rotatable bonds is 3. The van der Waals surface area contributed by atoms with Crippen molar-refractivity contribution >= 4 is 11.6 Å². The molecule has 0 fully saturated rings. The van der Waals surface area contributed by atoms with Gasteiger partial charge in [0.1, 0.15) is 5.75 Å². The number of hydrogen-bond donors (Lipinski definition) is 1. The summed E-state index contributed by atoms with van der Waals surface area (Å²) in [5.74, 6) is 0.568. The molecule has 0 saturated carbocycles. The number of aromatic amines is 1. The third-order valence-corrected chi connectivity index (χ3v) is 3.04. The van der Waals surface area contributed by atoms with Gasteiger partial charge in [-0.3, -0.25) is 4.79 Å². The fourth-order valence-electron chi connectivity index (χ4n) is 1.81. The minimum Gasteiger partial charge on any atom is -0.495 e. The summed E-state index contributed by atoms with van der Waals surface area (Å²) in [4.78, 5) is 18.5. The fraction of sp³-hybridized carbons (Fsp3) is 0.231. The Morgan fingerprint density at radius 1 is 1.44 bits per heavy atom. The van der Waals surface area contributed by atoms with E-state index < -0.39 is 0 Å². The molecule has 0 spiro atoms. The molecule has 1 heterocycles. The van der Waals surface area contributed by atoms with E-state index in [1.54, 1.807) is 19.2 Å². The van der Waals surface area contributed by atoms with Gasteiger partial charge in [-0.2, -0.15) is 0 Å². The van der Waals surface area contributed by atoms with Gasteiger partial charge in [0, 0.05) is 11.1 Å². The summed E-state index contributed by atoms with van der Waals surface area (Å²) in [6.07, 6.45) is 2.02. The van der Waals surface area contributed by atoms with Crippen LogP contribution in [0.15, 0.2) is 29.3 Å². The van der Waals surface area contributed by atoms with Gasteiger partial charge in [-0.25, -0.2) is 4.98 Å². The van der Waals surface area contributed by atoms with Gasteiger partial charge in [0.2, 0.25) is 0 Å². The molecule has 1 N–H and O–H groups in total. The summed E-state index contributed by atoms with van der Waals surface area (Å²) in [6, 6.07) is 5.34. The van der Waals surface area contributed by atoms with E-state index in [-0.39, 0.29) is 5.56 Å². The second kappa shape index (κ2) is 5.23. The van der Waals surface area contributed by atoms with Crippen molar-refractivity contribution in [3.8, 4) is 17.0 Å². The maximum Gasteiger partial charge on any atom is 0.254 e. The zero-order valence-electron chi connectivity index (χ0n) is 10.2. The Balaban J connectivity index is 2.62. The number of benzene rings is 1. The molecule has 0 atom stereocenters. The second-order valence-corrected chi connectivity index (χ2v) is 4.17. The highest BCUT2D eigenvalue weighted by molar-refractivity contribution is 6.32. The molecule has 18 heavy (non-hydrogen) atoms. The van der Waals surface area contributed by atoms with E-state index in [0.717, 1.165) is 5.56 Å². The molecule has 2 aromatic rings. The van der Waals surface area contributed by atoms with Crippen LogP contribution in [0.4, 0.5) is 0 Å². The highest BCUT2D eigenvalue weighted by Gasteiger charge is 2.11. The third kappa shape index (κ3) is 2.24. The first kappa shape index (κ1) is 12.6. The normalized spacial score (nSPS) is 10.4. The Hall–Kier alpha value is -1.81. The lowest BCUT2D eigenvalue weighted by Crippen LogP contribution is -2.14. The molecular formula is C13H13ClN2O2. The minimum atomic E-state index is -0.114. The van der Waals surface area contributed by atoms with E-state index in [1.165, 1.54) is 6.33 Å². The van der Waals surface area contributed by atoms with Gasteiger partial charge in [0.25, 0.3) is 5.56 Å². The van der Waals surface area contributed by atoms with Crippen LogP contribution in [-0.4, -0.2) is 17.1 Å². The summed E-state index contributed by atoms with van der Waals surface area (Å²) in [5.41, 5.74) is 2.02. The van der Waals surface area contributed by atoms with E-state index in [9.17, 15) is 4.79 Å². The Kier molecular flexibility index (Phi) is 3.67. The molecule has 0 aliphatic carbocycles. The molecule has 0 aliphatic rings. The average molecular weight is 265 g/mol. The van der Waals surface area contributed by atoms with Crippen LogP contribution >= 0.6 is 11.6 Å². The predicted octanol–water partition coefficient (Wildman–Crippen LogP) is 2.66. The molecule has 0 amide bonds. The van der Waals surface area contributed by atoms with Crippen LogP contribution in [0, 0.1) is 0 Å². The van der Waals surface area contributed by atoms with Gasteiger partial charge < -0.3 is 9.72 Å². The van der Waals surface area contributed by atoms with Crippen molar-refractivity contribution in [3.05, 3.63) is 45.5 Å². The monoisotopic (exact) mass is 264 g/mol. The number of nitrogens with zero attached hydrogens (tertiary/aromatic N) is 1. The van der Waals surface area contributed by atoms with E-state index in [2.05, 4.69) is 9.97 Å². The van der Waals surface area contributed by atoms with Crippen LogP contribution in [0.1, 0.15) is 12.5 Å². The molecule has 0 saturated heterocycles. The summed E-state index contributed by atoms with van der Waals surface area (Å²) < 4.78 is 5.17. The van der Waals surface area contributed by atoms with Gasteiger partial charge in [-0.05, 0) is 18.6 Å². The molecule has 0 radical (unpaired) electrons. The van der Waals surface area contributed by atoms with Crippen molar-refractivity contribution in [2.24, 2.45) is 0 Å². The smallest absolute Gasteiger partial charge is 0.254 e. The first-order valence-electron chi connectivity index (χ1n) is 5.57. The van der Waals surface area contributed by atoms with Gasteiger partial charge in [0.15, 0.2) is 0 Å². The fourth-order valence-corrected chi connectivity index (χ4v) is 2.01. The molecule has 2 rings (SSSR count). The maximum absolute atomic E-state index is 11.7. The van der Waals surface area contributed by atoms with E-state index in [0.29, 0.717) is 28.5 Å². The predicted molar refractivity (Wildman–Crippen MR) is 71.2 cm³/mol. The second-order valence-electron chi connectivity index (χ2n) is 3.76. The number of nitrogens with one attached hydrogen (secondary N) is 1. The van der Waals surface area contributed by atoms with Gasteiger partial charge >= 0.3 is 0 Å². The molecule has 4 nitrogen and oxygen atoms in total. The number of ether oxygens (including phenoxy) is 1. The lowest BCUT2D eigenvalue weighted by Gasteiger charge is -2.08. The summed E-state index contributed by atoms with van der Waals surface area (Å²) >= 11 is 5.98. The van der Waals surface area contributed by atoms with Crippen molar-refractivity contribution < 1.29 is 4.74 Å². The number of methoxy groups -OCH3 is 1. The van der Waals surface area contributed by atoms with Crippen LogP contribution in [0.5, 0.6) is 5.75 Å². The number of hydrogen-bond acceptors (Lipinski definition) is 3. The Morgan fingerprint density at radius 3 is 2.89 bits per heavy atom. The summed E-state index contributed by atoms with van der Waals surface area (Å²) in [5, 5.41) is 0.532. The summed E-state index contributed by atoms with van der Waals surface area (Å²) in [7, 11) is 1.55. The standard InChI is InChI=1S/C13H13ClN2O2/c1-3-9-12(15-7-16-13(9)17)8-4-5-10(14)11(6-8)18-2/h4-7H,3H2,1-2H3,(H,15,16,17). The van der Waals surface area contributed by atoms with Gasteiger partial charge in [0.05, 0.1) is 24.2 Å². The highest BCUT2D eigenvalue weighted by atomic mass is 35.5. The number of H-pyrrole nitrogens is 1. The Morgan fingerprint density at radius 2 is 2.22 bits per heavy atom. The van der Waals surface area contributed by atoms with Crippen LogP contribution in [-0.2, 0) is 6.42 Å². The molecular weight excluding hydrogens is 252 g/mol. The molecule has 1 aromatic carbocycles. The zero-order valence-corrected chi connectivity index (χ0v) is 10.9. The maximum atomic E-state index is 11.7. The van der Waals surface area contributed by atoms with Crippen molar-refractivity contribution in [2.45, 2.75) is 13.3 Å². The van der Waals surface area contributed by atoms with Crippen molar-refractivity contribution in [3.63, 3.8) is 0 Å². The minimum absolute atomic E-state index is 0.114. The van der Waals surface area contributed by atoms with Gasteiger partial charge in [-0.1, -0.05) is 24.6 Å². The number of aromatic nitrogens is 2. The van der Waals surface area contributed by atoms with Crippen molar-refractivity contribution in [1.29, 1.82) is 0 Å². The van der Waals surface area contributed by atoms with Crippen molar-refractivity contribution in [2.75, 3.05) is 7.11 Å². The first-order valence-corrected chi connectivity index (χ1v) is 5.95. The van der Waals surface area contributed by atoms with E-state index in [1.807, 2.05) is 13.0 Å².